The molecule has 0 spiro atoms. The number of carbonyl (C=O) groups is 1. The van der Waals surface area contributed by atoms with Gasteiger partial charge in [-0.05, 0) is 31.5 Å². The molecule has 0 aliphatic heterocycles. The number of carbonyl (C=O) groups excluding carboxylic acids is 1. The van der Waals surface area contributed by atoms with Gasteiger partial charge >= 0.3 is 6.18 Å². The minimum Gasteiger partial charge on any atom is -0.355 e. The van der Waals surface area contributed by atoms with Crippen LogP contribution in [-0.2, 0) is 21.0 Å². The van der Waals surface area contributed by atoms with Crippen LogP contribution in [0.3, 0.4) is 0 Å². The number of amides is 1. The molecule has 0 heterocycles. The molecule has 23 heavy (non-hydrogen) atoms. The van der Waals surface area contributed by atoms with Gasteiger partial charge in [0.25, 0.3) is 0 Å². The van der Waals surface area contributed by atoms with Crippen LogP contribution < -0.4 is 10.0 Å². The van der Waals surface area contributed by atoms with Gasteiger partial charge in [0.05, 0.1) is 16.5 Å². The summed E-state index contributed by atoms with van der Waals surface area (Å²) in [6.07, 6.45) is -4.26. The Bertz CT molecular complexity index is 678. The fraction of sp³-hybridized carbons (Fsp3) is 0.462. The molecule has 1 aromatic carbocycles. The Morgan fingerprint density at radius 2 is 1.96 bits per heavy atom. The van der Waals surface area contributed by atoms with E-state index in [1.54, 1.807) is 6.92 Å². The number of nitrogens with one attached hydrogen (secondary N) is 2. The second-order valence-corrected chi connectivity index (χ2v) is 6.89. The lowest BCUT2D eigenvalue weighted by Gasteiger charge is -2.17. The van der Waals surface area contributed by atoms with E-state index in [1.807, 2.05) is 4.72 Å². The fourth-order valence-electron chi connectivity index (χ4n) is 1.71. The molecule has 5 nitrogen and oxygen atoms in total. The fourth-order valence-corrected chi connectivity index (χ4v) is 3.29. The number of hydrogen-bond acceptors (Lipinski definition) is 3. The molecule has 0 radical (unpaired) electrons. The highest BCUT2D eigenvalue weighted by Crippen LogP contribution is 2.35. The summed E-state index contributed by atoms with van der Waals surface area (Å²) in [7, 11) is -4.55. The molecule has 10 heteroatoms. The van der Waals surface area contributed by atoms with Crippen LogP contribution in [-0.4, -0.2) is 26.9 Å². The Morgan fingerprint density at radius 3 is 2.48 bits per heavy atom. The summed E-state index contributed by atoms with van der Waals surface area (Å²) in [5, 5.41) is 2.21. The number of rotatable bonds is 6. The third-order valence-corrected chi connectivity index (χ3v) is 4.64. The van der Waals surface area contributed by atoms with Crippen molar-refractivity contribution >= 4 is 27.5 Å². The van der Waals surface area contributed by atoms with Gasteiger partial charge in [-0.25, -0.2) is 8.42 Å². The van der Waals surface area contributed by atoms with E-state index in [0.29, 0.717) is 19.0 Å². The van der Waals surface area contributed by atoms with Crippen LogP contribution in [0.2, 0.25) is 5.02 Å². The third-order valence-electron chi connectivity index (χ3n) is 2.81. The first-order valence-electron chi connectivity index (χ1n) is 6.66. The predicted molar refractivity (Wildman–Crippen MR) is 79.5 cm³/mol. The van der Waals surface area contributed by atoms with Gasteiger partial charge in [-0.15, -0.1) is 0 Å². The smallest absolute Gasteiger partial charge is 0.355 e. The zero-order chi connectivity index (χ0) is 17.8. The lowest BCUT2D eigenvalue weighted by molar-refractivity contribution is -0.139. The van der Waals surface area contributed by atoms with Crippen molar-refractivity contribution in [2.24, 2.45) is 0 Å². The summed E-state index contributed by atoms with van der Waals surface area (Å²) in [5.41, 5.74) is -1.39. The molecular weight excluding hydrogens is 357 g/mol. The minimum atomic E-state index is -4.90. The molecule has 0 fully saturated rings. The summed E-state index contributed by atoms with van der Waals surface area (Å²) in [6, 6.07) is 1.10. The third kappa shape index (κ3) is 5.36. The van der Waals surface area contributed by atoms with Crippen LogP contribution in [0.4, 0.5) is 13.2 Å². The molecule has 0 bridgehead atoms. The van der Waals surface area contributed by atoms with Crippen molar-refractivity contribution < 1.29 is 26.4 Å². The highest BCUT2D eigenvalue weighted by molar-refractivity contribution is 7.89. The van der Waals surface area contributed by atoms with Crippen molar-refractivity contribution in [2.75, 3.05) is 6.54 Å². The van der Waals surface area contributed by atoms with Crippen LogP contribution in [0.25, 0.3) is 0 Å². The maximum Gasteiger partial charge on any atom is 0.417 e. The van der Waals surface area contributed by atoms with Crippen LogP contribution in [0.1, 0.15) is 25.8 Å². The van der Waals surface area contributed by atoms with E-state index in [4.69, 9.17) is 11.6 Å². The molecule has 1 atom stereocenters. The first kappa shape index (κ1) is 19.7. The van der Waals surface area contributed by atoms with Crippen molar-refractivity contribution in [3.8, 4) is 0 Å². The topological polar surface area (TPSA) is 75.3 Å². The van der Waals surface area contributed by atoms with Gasteiger partial charge in [-0.2, -0.15) is 17.9 Å². The molecular formula is C13H16ClF3N2O3S. The number of alkyl halides is 3. The van der Waals surface area contributed by atoms with Crippen LogP contribution >= 0.6 is 11.6 Å². The quantitative estimate of drug-likeness (QED) is 0.805. The molecule has 1 amide bonds. The Morgan fingerprint density at radius 1 is 1.35 bits per heavy atom. The molecule has 130 valence electrons. The lowest BCUT2D eigenvalue weighted by Crippen LogP contribution is -2.45. The molecule has 1 aromatic rings. The molecule has 1 unspecified atom stereocenters. The van der Waals surface area contributed by atoms with E-state index in [9.17, 15) is 26.4 Å². The second kappa shape index (κ2) is 7.50. The van der Waals surface area contributed by atoms with Gasteiger partial charge in [-0.1, -0.05) is 18.5 Å². The molecule has 2 N–H and O–H groups in total. The van der Waals surface area contributed by atoms with Crippen molar-refractivity contribution in [1.82, 2.24) is 10.0 Å². The van der Waals surface area contributed by atoms with E-state index in [2.05, 4.69) is 5.32 Å². The normalized spacial score (nSPS) is 13.7. The SMILES string of the molecule is CCCNC(=O)C(C)NS(=O)(=O)c1ccc(Cl)cc1C(F)(F)F. The average molecular weight is 373 g/mol. The highest BCUT2D eigenvalue weighted by Gasteiger charge is 2.38. The van der Waals surface area contributed by atoms with Crippen molar-refractivity contribution in [2.45, 2.75) is 37.4 Å². The van der Waals surface area contributed by atoms with Crippen molar-refractivity contribution in [1.29, 1.82) is 0 Å². The standard InChI is InChI=1S/C13H16ClF3N2O3S/c1-3-6-18-12(20)8(2)19-23(21,22)11-5-4-9(14)7-10(11)13(15,16)17/h4-5,7-8,19H,3,6H2,1-2H3,(H,18,20). The number of sulfonamides is 1. The van der Waals surface area contributed by atoms with Gasteiger partial charge < -0.3 is 5.32 Å². The predicted octanol–water partition coefficient (Wildman–Crippen LogP) is 2.55. The van der Waals surface area contributed by atoms with E-state index in [-0.39, 0.29) is 5.02 Å². The zero-order valence-electron chi connectivity index (χ0n) is 12.4. The Labute approximate surface area is 137 Å². The summed E-state index contributed by atoms with van der Waals surface area (Å²) < 4.78 is 65.2. The highest BCUT2D eigenvalue weighted by atomic mass is 35.5. The monoisotopic (exact) mass is 372 g/mol. The van der Waals surface area contributed by atoms with E-state index < -0.39 is 38.6 Å². The summed E-state index contributed by atoms with van der Waals surface area (Å²) >= 11 is 5.51. The summed E-state index contributed by atoms with van der Waals surface area (Å²) in [4.78, 5) is 10.7. The number of benzene rings is 1. The maximum absolute atomic E-state index is 13.0. The lowest BCUT2D eigenvalue weighted by atomic mass is 10.2. The summed E-state index contributed by atoms with van der Waals surface area (Å²) in [5.74, 6) is -0.627. The zero-order valence-corrected chi connectivity index (χ0v) is 13.9. The van der Waals surface area contributed by atoms with E-state index in [0.717, 1.165) is 12.1 Å². The van der Waals surface area contributed by atoms with Gasteiger partial charge in [0, 0.05) is 11.6 Å². The van der Waals surface area contributed by atoms with Crippen LogP contribution in [0.15, 0.2) is 23.1 Å². The van der Waals surface area contributed by atoms with Gasteiger partial charge in [0.15, 0.2) is 0 Å². The van der Waals surface area contributed by atoms with Crippen LogP contribution in [0, 0.1) is 0 Å². The van der Waals surface area contributed by atoms with E-state index >= 15 is 0 Å². The Kier molecular flexibility index (Phi) is 6.43. The number of halogens is 4. The van der Waals surface area contributed by atoms with Gasteiger partial charge in [0.2, 0.25) is 15.9 Å². The second-order valence-electron chi connectivity index (χ2n) is 4.77. The summed E-state index contributed by atoms with van der Waals surface area (Å²) in [6.45, 7) is 3.38. The Hall–Kier alpha value is -1.32. The molecule has 0 saturated carbocycles. The van der Waals surface area contributed by atoms with E-state index in [1.165, 1.54) is 6.92 Å². The van der Waals surface area contributed by atoms with Gasteiger partial charge in [0.1, 0.15) is 0 Å². The Balaban J connectivity index is 3.12. The van der Waals surface area contributed by atoms with Crippen molar-refractivity contribution in [3.05, 3.63) is 28.8 Å². The molecule has 0 saturated heterocycles. The molecule has 0 aliphatic carbocycles. The maximum atomic E-state index is 13.0. The molecule has 1 rings (SSSR count). The largest absolute Gasteiger partial charge is 0.417 e. The number of hydrogen-bond donors (Lipinski definition) is 2. The molecule has 0 aliphatic rings. The average Bonchev–Trinajstić information content (AvgIpc) is 2.42. The molecule has 0 aromatic heterocycles. The van der Waals surface area contributed by atoms with Crippen LogP contribution in [0.5, 0.6) is 0 Å². The first-order valence-corrected chi connectivity index (χ1v) is 8.52. The van der Waals surface area contributed by atoms with Gasteiger partial charge in [-0.3, -0.25) is 4.79 Å². The van der Waals surface area contributed by atoms with Crippen molar-refractivity contribution in [3.63, 3.8) is 0 Å². The minimum absolute atomic E-state index is 0.245. The first-order chi connectivity index (χ1) is 10.5.